The molecule has 0 bridgehead atoms. The minimum atomic E-state index is -3.60. The Balaban J connectivity index is 3.19. The average Bonchev–Trinajstić information content (AvgIpc) is 2.56. The summed E-state index contributed by atoms with van der Waals surface area (Å²) in [7, 11) is -1.96. The van der Waals surface area contributed by atoms with E-state index in [-0.39, 0.29) is 22.7 Å². The van der Waals surface area contributed by atoms with Gasteiger partial charge in [-0.15, -0.1) is 0 Å². The van der Waals surface area contributed by atoms with E-state index in [0.29, 0.717) is 13.1 Å². The molecule has 0 radical (unpaired) electrons. The molecular formula is C12H24N4O2S. The average molecular weight is 288 g/mol. The SMILES string of the molecule is CC(C)CN(CC(C)C)S(=O)(=O)c1c(N)ncn1C. The van der Waals surface area contributed by atoms with Gasteiger partial charge in [-0.25, -0.2) is 13.4 Å². The van der Waals surface area contributed by atoms with Crippen LogP contribution in [0.25, 0.3) is 0 Å². The maximum atomic E-state index is 12.7. The minimum absolute atomic E-state index is 0.0556. The van der Waals surface area contributed by atoms with Gasteiger partial charge in [0.05, 0.1) is 6.33 Å². The Labute approximate surface area is 115 Å². The lowest BCUT2D eigenvalue weighted by Gasteiger charge is -2.25. The highest BCUT2D eigenvalue weighted by molar-refractivity contribution is 7.89. The van der Waals surface area contributed by atoms with Crippen LogP contribution >= 0.6 is 0 Å². The van der Waals surface area contributed by atoms with Crippen LogP contribution in [0, 0.1) is 11.8 Å². The first-order valence-electron chi connectivity index (χ1n) is 6.43. The Kier molecular flexibility index (Phi) is 4.98. The van der Waals surface area contributed by atoms with Crippen LogP contribution in [0.15, 0.2) is 11.4 Å². The first kappa shape index (κ1) is 16.0. The van der Waals surface area contributed by atoms with E-state index < -0.39 is 10.0 Å². The first-order valence-corrected chi connectivity index (χ1v) is 7.87. The Morgan fingerprint density at radius 3 is 2.05 bits per heavy atom. The summed E-state index contributed by atoms with van der Waals surface area (Å²) in [4.78, 5) is 3.86. The maximum Gasteiger partial charge on any atom is 0.262 e. The molecule has 0 spiro atoms. The molecule has 7 heteroatoms. The molecule has 0 saturated carbocycles. The van der Waals surface area contributed by atoms with E-state index >= 15 is 0 Å². The molecule has 0 aliphatic heterocycles. The zero-order chi connectivity index (χ0) is 14.8. The largest absolute Gasteiger partial charge is 0.381 e. The zero-order valence-electron chi connectivity index (χ0n) is 12.3. The number of imidazole rings is 1. The molecule has 0 aliphatic carbocycles. The fraction of sp³-hybridized carbons (Fsp3) is 0.750. The summed E-state index contributed by atoms with van der Waals surface area (Å²) in [6.45, 7) is 8.94. The second kappa shape index (κ2) is 5.92. The number of nitrogen functional groups attached to an aromatic ring is 1. The zero-order valence-corrected chi connectivity index (χ0v) is 13.1. The third-order valence-electron chi connectivity index (χ3n) is 2.63. The van der Waals surface area contributed by atoms with E-state index in [1.54, 1.807) is 7.05 Å². The summed E-state index contributed by atoms with van der Waals surface area (Å²) in [5, 5.41) is 0.0776. The molecule has 6 nitrogen and oxygen atoms in total. The van der Waals surface area contributed by atoms with Gasteiger partial charge in [-0.2, -0.15) is 4.31 Å². The van der Waals surface area contributed by atoms with Gasteiger partial charge in [-0.1, -0.05) is 27.7 Å². The normalized spacial score (nSPS) is 12.8. The van der Waals surface area contributed by atoms with E-state index in [2.05, 4.69) is 4.98 Å². The maximum absolute atomic E-state index is 12.7. The molecule has 19 heavy (non-hydrogen) atoms. The van der Waals surface area contributed by atoms with Crippen molar-refractivity contribution in [2.24, 2.45) is 18.9 Å². The van der Waals surface area contributed by atoms with E-state index in [0.717, 1.165) is 0 Å². The van der Waals surface area contributed by atoms with Crippen molar-refractivity contribution in [1.82, 2.24) is 13.9 Å². The Morgan fingerprint density at radius 1 is 1.26 bits per heavy atom. The summed E-state index contributed by atoms with van der Waals surface area (Å²) >= 11 is 0. The van der Waals surface area contributed by atoms with Gasteiger partial charge < -0.3 is 10.3 Å². The molecule has 0 amide bonds. The molecule has 1 aromatic heterocycles. The molecule has 110 valence electrons. The fourth-order valence-electron chi connectivity index (χ4n) is 1.96. The molecule has 1 rings (SSSR count). The van der Waals surface area contributed by atoms with Crippen molar-refractivity contribution in [3.63, 3.8) is 0 Å². The highest BCUT2D eigenvalue weighted by Gasteiger charge is 2.30. The smallest absolute Gasteiger partial charge is 0.262 e. The summed E-state index contributed by atoms with van der Waals surface area (Å²) in [6.07, 6.45) is 1.42. The predicted octanol–water partition coefficient (Wildman–Crippen LogP) is 1.30. The molecule has 1 heterocycles. The monoisotopic (exact) mass is 288 g/mol. The van der Waals surface area contributed by atoms with Gasteiger partial charge in [0, 0.05) is 20.1 Å². The third-order valence-corrected chi connectivity index (χ3v) is 4.60. The summed E-state index contributed by atoms with van der Waals surface area (Å²) in [5.74, 6) is 0.561. The molecule has 0 unspecified atom stereocenters. The Bertz CT molecular complexity index is 490. The number of sulfonamides is 1. The van der Waals surface area contributed by atoms with E-state index in [1.807, 2.05) is 27.7 Å². The van der Waals surface area contributed by atoms with Gasteiger partial charge in [0.2, 0.25) is 0 Å². The molecule has 0 aromatic carbocycles. The number of nitrogens with two attached hydrogens (primary N) is 1. The highest BCUT2D eigenvalue weighted by atomic mass is 32.2. The molecule has 2 N–H and O–H groups in total. The van der Waals surface area contributed by atoms with Crippen LogP contribution < -0.4 is 5.73 Å². The molecule has 0 aliphatic rings. The van der Waals surface area contributed by atoms with Crippen molar-refractivity contribution in [3.05, 3.63) is 6.33 Å². The summed E-state index contributed by atoms with van der Waals surface area (Å²) < 4.78 is 28.3. The quantitative estimate of drug-likeness (QED) is 0.855. The summed E-state index contributed by atoms with van der Waals surface area (Å²) in [6, 6.07) is 0. The van der Waals surface area contributed by atoms with Gasteiger partial charge >= 0.3 is 0 Å². The van der Waals surface area contributed by atoms with Crippen molar-refractivity contribution in [1.29, 1.82) is 0 Å². The Hall–Kier alpha value is -1.08. The second-order valence-electron chi connectivity index (χ2n) is 5.66. The minimum Gasteiger partial charge on any atom is -0.381 e. The molecule has 0 saturated heterocycles. The number of nitrogens with zero attached hydrogens (tertiary/aromatic N) is 3. The number of rotatable bonds is 6. The van der Waals surface area contributed by atoms with Gasteiger partial charge in [0.25, 0.3) is 10.0 Å². The third kappa shape index (κ3) is 3.70. The summed E-state index contributed by atoms with van der Waals surface area (Å²) in [5.41, 5.74) is 5.69. The van der Waals surface area contributed by atoms with Crippen LogP contribution in [0.3, 0.4) is 0 Å². The molecule has 0 atom stereocenters. The van der Waals surface area contributed by atoms with E-state index in [4.69, 9.17) is 5.73 Å². The van der Waals surface area contributed by atoms with E-state index in [1.165, 1.54) is 15.2 Å². The van der Waals surface area contributed by atoms with E-state index in [9.17, 15) is 8.42 Å². The first-order chi connectivity index (χ1) is 8.66. The standard InChI is InChI=1S/C12H24N4O2S/c1-9(2)6-16(7-10(3)4)19(17,18)12-11(13)14-8-15(12)5/h8-10H,6-7,13H2,1-5H3. The van der Waals surface area contributed by atoms with Crippen LogP contribution in [0.5, 0.6) is 0 Å². The number of aryl methyl sites for hydroxylation is 1. The lowest BCUT2D eigenvalue weighted by atomic mass is 10.2. The van der Waals surface area contributed by atoms with Crippen LogP contribution in [0.4, 0.5) is 5.82 Å². The molecule has 1 aromatic rings. The van der Waals surface area contributed by atoms with Crippen LogP contribution in [0.1, 0.15) is 27.7 Å². The lowest BCUT2D eigenvalue weighted by Crippen LogP contribution is -2.38. The number of hydrogen-bond donors (Lipinski definition) is 1. The number of hydrogen-bond acceptors (Lipinski definition) is 4. The van der Waals surface area contributed by atoms with Crippen molar-refractivity contribution < 1.29 is 8.42 Å². The van der Waals surface area contributed by atoms with Gasteiger partial charge in [0.15, 0.2) is 10.8 Å². The second-order valence-corrected chi connectivity index (χ2v) is 7.51. The van der Waals surface area contributed by atoms with Crippen molar-refractivity contribution >= 4 is 15.8 Å². The van der Waals surface area contributed by atoms with Crippen molar-refractivity contribution in [3.8, 4) is 0 Å². The number of anilines is 1. The fourth-order valence-corrected chi connectivity index (χ4v) is 3.92. The molecular weight excluding hydrogens is 264 g/mol. The Morgan fingerprint density at radius 2 is 1.74 bits per heavy atom. The number of aromatic nitrogens is 2. The van der Waals surface area contributed by atoms with Crippen LogP contribution in [-0.4, -0.2) is 35.4 Å². The van der Waals surface area contributed by atoms with Crippen molar-refractivity contribution in [2.75, 3.05) is 18.8 Å². The highest BCUT2D eigenvalue weighted by Crippen LogP contribution is 2.22. The topological polar surface area (TPSA) is 81.2 Å². The van der Waals surface area contributed by atoms with Gasteiger partial charge in [-0.05, 0) is 11.8 Å². The predicted molar refractivity (Wildman–Crippen MR) is 76.1 cm³/mol. The lowest BCUT2D eigenvalue weighted by molar-refractivity contribution is 0.331. The van der Waals surface area contributed by atoms with Crippen LogP contribution in [0.2, 0.25) is 0 Å². The van der Waals surface area contributed by atoms with Crippen LogP contribution in [-0.2, 0) is 17.1 Å². The molecule has 0 fully saturated rings. The van der Waals surface area contributed by atoms with Gasteiger partial charge in [-0.3, -0.25) is 0 Å². The van der Waals surface area contributed by atoms with Gasteiger partial charge in [0.1, 0.15) is 0 Å². The van der Waals surface area contributed by atoms with Crippen molar-refractivity contribution in [2.45, 2.75) is 32.7 Å².